The van der Waals surface area contributed by atoms with E-state index in [0.717, 1.165) is 16.4 Å². The Morgan fingerprint density at radius 1 is 1.14 bits per heavy atom. The molecule has 1 fully saturated rings. The zero-order chi connectivity index (χ0) is 15.3. The van der Waals surface area contributed by atoms with Crippen molar-refractivity contribution in [2.45, 2.75) is 6.42 Å². The number of benzene rings is 2. The van der Waals surface area contributed by atoms with E-state index in [-0.39, 0.29) is 18.9 Å². The monoisotopic (exact) mass is 295 g/mol. The van der Waals surface area contributed by atoms with Gasteiger partial charge in [-0.25, -0.2) is 0 Å². The number of para-hydroxylation sites is 1. The van der Waals surface area contributed by atoms with E-state index < -0.39 is 11.9 Å². The fourth-order valence-corrected chi connectivity index (χ4v) is 3.01. The minimum absolute atomic E-state index is 0.0491. The van der Waals surface area contributed by atoms with Crippen molar-refractivity contribution in [2.75, 3.05) is 11.4 Å². The Kier molecular flexibility index (Phi) is 2.69. The van der Waals surface area contributed by atoms with Gasteiger partial charge in [0.25, 0.3) is 0 Å². The number of nitrogens with zero attached hydrogens (tertiary/aromatic N) is 1. The number of amides is 1. The van der Waals surface area contributed by atoms with Crippen LogP contribution in [0.3, 0.4) is 0 Å². The molecule has 0 radical (unpaired) electrons. The summed E-state index contributed by atoms with van der Waals surface area (Å²) in [6, 6.07) is 13.3. The van der Waals surface area contributed by atoms with Crippen LogP contribution < -0.4 is 4.90 Å². The predicted octanol–water partition coefficient (Wildman–Crippen LogP) is 3.02. The van der Waals surface area contributed by atoms with Crippen LogP contribution in [0.25, 0.3) is 21.9 Å². The Labute approximate surface area is 125 Å². The van der Waals surface area contributed by atoms with Crippen molar-refractivity contribution in [3.63, 3.8) is 0 Å². The molecule has 1 N–H and O–H groups in total. The van der Waals surface area contributed by atoms with Gasteiger partial charge in [-0.1, -0.05) is 18.2 Å². The molecule has 3 aromatic rings. The van der Waals surface area contributed by atoms with E-state index in [1.807, 2.05) is 36.4 Å². The lowest BCUT2D eigenvalue weighted by molar-refractivity contribution is -0.141. The van der Waals surface area contributed by atoms with Crippen molar-refractivity contribution >= 4 is 39.5 Å². The number of fused-ring (bicyclic) bond motifs is 3. The second-order valence-electron chi connectivity index (χ2n) is 5.52. The molecule has 0 aliphatic carbocycles. The molecule has 2 heterocycles. The molecule has 110 valence electrons. The van der Waals surface area contributed by atoms with Gasteiger partial charge >= 0.3 is 5.97 Å². The average molecular weight is 295 g/mol. The summed E-state index contributed by atoms with van der Waals surface area (Å²) in [5, 5.41) is 11.1. The molecular weight excluding hydrogens is 282 g/mol. The summed E-state index contributed by atoms with van der Waals surface area (Å²) < 4.78 is 5.81. The van der Waals surface area contributed by atoms with Gasteiger partial charge in [0.05, 0.1) is 5.92 Å². The second kappa shape index (κ2) is 4.59. The number of hydrogen-bond donors (Lipinski definition) is 1. The van der Waals surface area contributed by atoms with E-state index in [1.165, 1.54) is 4.90 Å². The number of carboxylic acids is 1. The highest BCUT2D eigenvalue weighted by Crippen LogP contribution is 2.33. The maximum atomic E-state index is 12.0. The van der Waals surface area contributed by atoms with Gasteiger partial charge in [-0.15, -0.1) is 0 Å². The molecule has 5 heteroatoms. The van der Waals surface area contributed by atoms with Crippen LogP contribution in [0.15, 0.2) is 46.9 Å². The van der Waals surface area contributed by atoms with Crippen molar-refractivity contribution in [3.8, 4) is 0 Å². The molecule has 1 amide bonds. The first-order valence-corrected chi connectivity index (χ1v) is 7.08. The van der Waals surface area contributed by atoms with Crippen molar-refractivity contribution in [2.24, 2.45) is 5.92 Å². The van der Waals surface area contributed by atoms with Crippen molar-refractivity contribution < 1.29 is 19.1 Å². The quantitative estimate of drug-likeness (QED) is 0.789. The Morgan fingerprint density at radius 3 is 2.68 bits per heavy atom. The third kappa shape index (κ3) is 1.86. The molecule has 22 heavy (non-hydrogen) atoms. The topological polar surface area (TPSA) is 70.8 Å². The highest BCUT2D eigenvalue weighted by atomic mass is 16.4. The molecule has 4 rings (SSSR count). The van der Waals surface area contributed by atoms with E-state index in [4.69, 9.17) is 9.52 Å². The Hall–Kier alpha value is -2.82. The molecule has 0 spiro atoms. The molecule has 1 aliphatic heterocycles. The minimum atomic E-state index is -0.930. The number of anilines is 1. The second-order valence-corrected chi connectivity index (χ2v) is 5.52. The van der Waals surface area contributed by atoms with Crippen LogP contribution in [0.5, 0.6) is 0 Å². The third-order valence-corrected chi connectivity index (χ3v) is 4.15. The summed E-state index contributed by atoms with van der Waals surface area (Å²) in [4.78, 5) is 24.6. The number of rotatable bonds is 2. The van der Waals surface area contributed by atoms with Crippen LogP contribution in [-0.2, 0) is 9.59 Å². The Morgan fingerprint density at radius 2 is 1.91 bits per heavy atom. The molecular formula is C17H13NO4. The van der Waals surface area contributed by atoms with Crippen LogP contribution in [0.1, 0.15) is 6.42 Å². The SMILES string of the molecule is O=C(O)[C@@H]1CC(=O)N(c2ccc3c(c2)oc2ccccc23)C1. The van der Waals surface area contributed by atoms with Crippen LogP contribution in [0.4, 0.5) is 5.69 Å². The lowest BCUT2D eigenvalue weighted by Crippen LogP contribution is -2.25. The first-order chi connectivity index (χ1) is 10.6. The van der Waals surface area contributed by atoms with E-state index in [1.54, 1.807) is 6.07 Å². The zero-order valence-electron chi connectivity index (χ0n) is 11.7. The molecule has 1 saturated heterocycles. The Balaban J connectivity index is 1.78. The number of carboxylic acid groups (broad SMARTS) is 1. The largest absolute Gasteiger partial charge is 0.481 e. The normalized spacial score (nSPS) is 18.5. The maximum Gasteiger partial charge on any atom is 0.308 e. The Bertz CT molecular complexity index is 911. The van der Waals surface area contributed by atoms with Crippen LogP contribution in [0.2, 0.25) is 0 Å². The van der Waals surface area contributed by atoms with E-state index in [2.05, 4.69) is 0 Å². The molecule has 0 bridgehead atoms. The van der Waals surface area contributed by atoms with Gasteiger partial charge in [-0.3, -0.25) is 9.59 Å². The third-order valence-electron chi connectivity index (χ3n) is 4.15. The summed E-state index contributed by atoms with van der Waals surface area (Å²) in [6.07, 6.45) is 0.0491. The number of carbonyl (C=O) groups is 2. The van der Waals surface area contributed by atoms with Gasteiger partial charge < -0.3 is 14.4 Å². The van der Waals surface area contributed by atoms with E-state index in [9.17, 15) is 9.59 Å². The number of aliphatic carboxylic acids is 1. The van der Waals surface area contributed by atoms with Crippen molar-refractivity contribution in [1.82, 2.24) is 0 Å². The molecule has 1 atom stereocenters. The first kappa shape index (κ1) is 12.9. The van der Waals surface area contributed by atoms with Crippen molar-refractivity contribution in [3.05, 3.63) is 42.5 Å². The molecule has 0 unspecified atom stereocenters. The van der Waals surface area contributed by atoms with Crippen LogP contribution in [-0.4, -0.2) is 23.5 Å². The number of hydrogen-bond acceptors (Lipinski definition) is 3. The van der Waals surface area contributed by atoms with Gasteiger partial charge in [0.1, 0.15) is 11.2 Å². The molecule has 0 saturated carbocycles. The van der Waals surface area contributed by atoms with E-state index in [0.29, 0.717) is 11.3 Å². The van der Waals surface area contributed by atoms with Gasteiger partial charge in [-0.2, -0.15) is 0 Å². The zero-order valence-corrected chi connectivity index (χ0v) is 11.7. The smallest absolute Gasteiger partial charge is 0.308 e. The number of carbonyl (C=O) groups excluding carboxylic acids is 1. The maximum absolute atomic E-state index is 12.0. The standard InChI is InChI=1S/C17H13NO4/c19-16-7-10(17(20)21)9-18(16)11-5-6-13-12-3-1-2-4-14(12)22-15(13)8-11/h1-6,8,10H,7,9H2,(H,20,21)/t10-/m1/s1. The average Bonchev–Trinajstić information content (AvgIpc) is 3.07. The highest BCUT2D eigenvalue weighted by Gasteiger charge is 2.35. The summed E-state index contributed by atoms with van der Waals surface area (Å²) in [7, 11) is 0. The van der Waals surface area contributed by atoms with Crippen LogP contribution >= 0.6 is 0 Å². The number of furan rings is 1. The van der Waals surface area contributed by atoms with Gasteiger partial charge in [0, 0.05) is 35.5 Å². The fourth-order valence-electron chi connectivity index (χ4n) is 3.01. The van der Waals surface area contributed by atoms with Crippen LogP contribution in [0, 0.1) is 5.92 Å². The molecule has 5 nitrogen and oxygen atoms in total. The lowest BCUT2D eigenvalue weighted by Gasteiger charge is -2.15. The summed E-state index contributed by atoms with van der Waals surface area (Å²) in [6.45, 7) is 0.208. The highest BCUT2D eigenvalue weighted by molar-refractivity contribution is 6.07. The van der Waals surface area contributed by atoms with Gasteiger partial charge in [0.2, 0.25) is 5.91 Å². The molecule has 2 aromatic carbocycles. The molecule has 1 aliphatic rings. The lowest BCUT2D eigenvalue weighted by atomic mass is 10.1. The summed E-state index contributed by atoms with van der Waals surface area (Å²) in [5.41, 5.74) is 2.18. The first-order valence-electron chi connectivity index (χ1n) is 7.08. The minimum Gasteiger partial charge on any atom is -0.481 e. The van der Waals surface area contributed by atoms with E-state index >= 15 is 0 Å². The van der Waals surface area contributed by atoms with Gasteiger partial charge in [-0.05, 0) is 18.2 Å². The summed E-state index contributed by atoms with van der Waals surface area (Å²) in [5.74, 6) is -1.73. The summed E-state index contributed by atoms with van der Waals surface area (Å²) >= 11 is 0. The van der Waals surface area contributed by atoms with Crippen molar-refractivity contribution in [1.29, 1.82) is 0 Å². The predicted molar refractivity (Wildman–Crippen MR) is 81.8 cm³/mol. The fraction of sp³-hybridized carbons (Fsp3) is 0.176. The van der Waals surface area contributed by atoms with Gasteiger partial charge in [0.15, 0.2) is 0 Å². The molecule has 1 aromatic heterocycles.